The largest absolute Gasteiger partial charge is 0.377 e. The average molecular weight is 344 g/mol. The summed E-state index contributed by atoms with van der Waals surface area (Å²) < 4.78 is 13.7. The van der Waals surface area contributed by atoms with E-state index in [1.165, 1.54) is 6.07 Å². The Morgan fingerprint density at radius 1 is 1.37 bits per heavy atom. The summed E-state index contributed by atoms with van der Waals surface area (Å²) in [6.07, 6.45) is 1.68. The monoisotopic (exact) mass is 342 g/mol. The van der Waals surface area contributed by atoms with Crippen molar-refractivity contribution in [3.63, 3.8) is 0 Å². The molecular formula is C14H13BrClFN2. The van der Waals surface area contributed by atoms with Crippen molar-refractivity contribution in [1.82, 2.24) is 4.98 Å². The first-order chi connectivity index (χ1) is 8.97. The van der Waals surface area contributed by atoms with E-state index in [1.807, 2.05) is 19.9 Å². The molecule has 0 aliphatic rings. The summed E-state index contributed by atoms with van der Waals surface area (Å²) in [7, 11) is 0. The second-order valence-corrected chi connectivity index (χ2v) is 5.58. The molecule has 1 aromatic heterocycles. The van der Waals surface area contributed by atoms with Gasteiger partial charge in [-0.1, -0.05) is 17.7 Å². The average Bonchev–Trinajstić information content (AvgIpc) is 2.37. The van der Waals surface area contributed by atoms with Crippen molar-refractivity contribution in [3.05, 3.63) is 57.0 Å². The highest BCUT2D eigenvalue weighted by Crippen LogP contribution is 2.25. The number of rotatable bonds is 3. The molecule has 1 aromatic carbocycles. The van der Waals surface area contributed by atoms with Gasteiger partial charge in [-0.3, -0.25) is 0 Å². The normalized spacial score (nSPS) is 12.3. The minimum absolute atomic E-state index is 0.0410. The highest BCUT2D eigenvalue weighted by Gasteiger charge is 2.09. The van der Waals surface area contributed by atoms with Crippen molar-refractivity contribution < 1.29 is 4.39 Å². The third-order valence-corrected chi connectivity index (χ3v) is 3.84. The predicted octanol–water partition coefficient (Wildman–Crippen LogP) is 5.12. The summed E-state index contributed by atoms with van der Waals surface area (Å²) >= 11 is 9.07. The first-order valence-corrected chi connectivity index (χ1v) is 6.98. The molecular weight excluding hydrogens is 331 g/mol. The molecule has 0 aliphatic heterocycles. The van der Waals surface area contributed by atoms with Gasteiger partial charge in [0.2, 0.25) is 0 Å². The number of hydrogen-bond donors (Lipinski definition) is 1. The Bertz CT molecular complexity index is 604. The highest BCUT2D eigenvalue weighted by molar-refractivity contribution is 9.10. The fourth-order valence-corrected chi connectivity index (χ4v) is 2.25. The number of aromatic nitrogens is 1. The fraction of sp³-hybridized carbons (Fsp3) is 0.214. The standard InChI is InChI=1S/C14H13BrClFN2/c1-8-5-11(7-18-14(8)16)19-9(2)10-3-4-13(17)12(15)6-10/h3-7,9,19H,1-2H3. The van der Waals surface area contributed by atoms with E-state index < -0.39 is 0 Å². The van der Waals surface area contributed by atoms with Gasteiger partial charge in [-0.15, -0.1) is 0 Å². The molecule has 0 radical (unpaired) electrons. The molecule has 0 spiro atoms. The Labute approximate surface area is 125 Å². The lowest BCUT2D eigenvalue weighted by atomic mass is 10.1. The summed E-state index contributed by atoms with van der Waals surface area (Å²) in [6, 6.07) is 6.95. The van der Waals surface area contributed by atoms with E-state index in [4.69, 9.17) is 11.6 Å². The van der Waals surface area contributed by atoms with Crippen LogP contribution in [-0.2, 0) is 0 Å². The van der Waals surface area contributed by atoms with Crippen molar-refractivity contribution >= 4 is 33.2 Å². The molecule has 2 aromatic rings. The van der Waals surface area contributed by atoms with E-state index in [0.717, 1.165) is 16.8 Å². The molecule has 1 heterocycles. The minimum Gasteiger partial charge on any atom is -0.377 e. The smallest absolute Gasteiger partial charge is 0.137 e. The van der Waals surface area contributed by atoms with E-state index in [1.54, 1.807) is 18.3 Å². The molecule has 100 valence electrons. The van der Waals surface area contributed by atoms with Crippen molar-refractivity contribution in [3.8, 4) is 0 Å². The first kappa shape index (κ1) is 14.3. The van der Waals surface area contributed by atoms with E-state index >= 15 is 0 Å². The van der Waals surface area contributed by atoms with Gasteiger partial charge in [0.05, 0.1) is 16.4 Å². The van der Waals surface area contributed by atoms with Crippen LogP contribution in [0.15, 0.2) is 34.9 Å². The van der Waals surface area contributed by atoms with Crippen LogP contribution in [0.25, 0.3) is 0 Å². The van der Waals surface area contributed by atoms with E-state index in [-0.39, 0.29) is 11.9 Å². The number of aryl methyl sites for hydroxylation is 1. The molecule has 1 atom stereocenters. The number of halogens is 3. The number of nitrogens with one attached hydrogen (secondary N) is 1. The van der Waals surface area contributed by atoms with Crippen LogP contribution in [0.5, 0.6) is 0 Å². The van der Waals surface area contributed by atoms with Crippen molar-refractivity contribution in [2.24, 2.45) is 0 Å². The number of hydrogen-bond acceptors (Lipinski definition) is 2. The van der Waals surface area contributed by atoms with Crippen LogP contribution < -0.4 is 5.32 Å². The molecule has 5 heteroatoms. The maximum Gasteiger partial charge on any atom is 0.137 e. The summed E-state index contributed by atoms with van der Waals surface area (Å²) in [5.74, 6) is -0.264. The van der Waals surface area contributed by atoms with Crippen LogP contribution in [0.4, 0.5) is 10.1 Å². The van der Waals surface area contributed by atoms with Gasteiger partial charge in [-0.25, -0.2) is 9.37 Å². The Hall–Kier alpha value is -1.13. The van der Waals surface area contributed by atoms with Crippen molar-refractivity contribution in [2.45, 2.75) is 19.9 Å². The number of anilines is 1. The quantitative estimate of drug-likeness (QED) is 0.783. The molecule has 1 N–H and O–H groups in total. The topological polar surface area (TPSA) is 24.9 Å². The molecule has 2 nitrogen and oxygen atoms in total. The zero-order chi connectivity index (χ0) is 14.0. The van der Waals surface area contributed by atoms with Crippen LogP contribution in [0.1, 0.15) is 24.1 Å². The van der Waals surface area contributed by atoms with E-state index in [0.29, 0.717) is 9.63 Å². The van der Waals surface area contributed by atoms with Gasteiger partial charge in [0, 0.05) is 6.04 Å². The fourth-order valence-electron chi connectivity index (χ4n) is 1.75. The lowest BCUT2D eigenvalue weighted by Crippen LogP contribution is -2.07. The molecule has 0 saturated heterocycles. The lowest BCUT2D eigenvalue weighted by molar-refractivity contribution is 0.619. The van der Waals surface area contributed by atoms with Crippen LogP contribution in [0.3, 0.4) is 0 Å². The zero-order valence-corrected chi connectivity index (χ0v) is 12.9. The van der Waals surface area contributed by atoms with Crippen molar-refractivity contribution in [1.29, 1.82) is 0 Å². The summed E-state index contributed by atoms with van der Waals surface area (Å²) in [4.78, 5) is 4.09. The van der Waals surface area contributed by atoms with Crippen LogP contribution in [0, 0.1) is 12.7 Å². The second-order valence-electron chi connectivity index (χ2n) is 4.37. The second kappa shape index (κ2) is 5.88. The number of benzene rings is 1. The third kappa shape index (κ3) is 3.45. The summed E-state index contributed by atoms with van der Waals surface area (Å²) in [6.45, 7) is 3.91. The maximum atomic E-state index is 13.2. The molecule has 0 saturated carbocycles. The number of nitrogens with zero attached hydrogens (tertiary/aromatic N) is 1. The van der Waals surface area contributed by atoms with Crippen LogP contribution in [-0.4, -0.2) is 4.98 Å². The minimum atomic E-state index is -0.264. The van der Waals surface area contributed by atoms with E-state index in [2.05, 4.69) is 26.2 Å². The van der Waals surface area contributed by atoms with Gasteiger partial charge in [0.15, 0.2) is 0 Å². The van der Waals surface area contributed by atoms with Crippen LogP contribution >= 0.6 is 27.5 Å². The Morgan fingerprint density at radius 3 is 2.74 bits per heavy atom. The zero-order valence-electron chi connectivity index (χ0n) is 10.5. The van der Waals surface area contributed by atoms with Gasteiger partial charge in [-0.2, -0.15) is 0 Å². The molecule has 1 unspecified atom stereocenters. The summed E-state index contributed by atoms with van der Waals surface area (Å²) in [5, 5.41) is 3.81. The van der Waals surface area contributed by atoms with Gasteiger partial charge in [0.25, 0.3) is 0 Å². The van der Waals surface area contributed by atoms with Gasteiger partial charge >= 0.3 is 0 Å². The maximum absolute atomic E-state index is 13.2. The van der Waals surface area contributed by atoms with Crippen molar-refractivity contribution in [2.75, 3.05) is 5.32 Å². The first-order valence-electron chi connectivity index (χ1n) is 5.81. The molecule has 0 bridgehead atoms. The molecule has 0 aliphatic carbocycles. The Balaban J connectivity index is 2.17. The highest BCUT2D eigenvalue weighted by atomic mass is 79.9. The van der Waals surface area contributed by atoms with Gasteiger partial charge in [-0.05, 0) is 59.1 Å². The number of pyridine rings is 1. The third-order valence-electron chi connectivity index (χ3n) is 2.84. The molecule has 19 heavy (non-hydrogen) atoms. The molecule has 0 amide bonds. The molecule has 2 rings (SSSR count). The summed E-state index contributed by atoms with van der Waals surface area (Å²) in [5.41, 5.74) is 2.79. The van der Waals surface area contributed by atoms with Crippen LogP contribution in [0.2, 0.25) is 5.15 Å². The van der Waals surface area contributed by atoms with Gasteiger partial charge in [0.1, 0.15) is 11.0 Å². The lowest BCUT2D eigenvalue weighted by Gasteiger charge is -2.16. The molecule has 0 fully saturated rings. The van der Waals surface area contributed by atoms with E-state index in [9.17, 15) is 4.39 Å². The Kier molecular flexibility index (Phi) is 4.42. The Morgan fingerprint density at radius 2 is 2.11 bits per heavy atom. The van der Waals surface area contributed by atoms with Gasteiger partial charge < -0.3 is 5.32 Å². The SMILES string of the molecule is Cc1cc(NC(C)c2ccc(F)c(Br)c2)cnc1Cl. The predicted molar refractivity (Wildman–Crippen MR) is 80.1 cm³/mol.